The topological polar surface area (TPSA) is 121 Å². The van der Waals surface area contributed by atoms with E-state index in [1.165, 1.54) is 0 Å². The maximum atomic E-state index is 14.1. The van der Waals surface area contributed by atoms with Gasteiger partial charge in [-0.15, -0.1) is 0 Å². The molecule has 3 aromatic rings. The summed E-state index contributed by atoms with van der Waals surface area (Å²) >= 11 is 0. The number of ketones is 1. The summed E-state index contributed by atoms with van der Waals surface area (Å²) in [4.78, 5) is 65.8. The number of nitrogens with one attached hydrogen (secondary N) is 3. The number of carbonyl (C=O) groups excluding carboxylic acids is 5. The van der Waals surface area contributed by atoms with E-state index in [1.54, 1.807) is 0 Å². The molecule has 8 heteroatoms. The van der Waals surface area contributed by atoms with E-state index in [0.717, 1.165) is 34.7 Å². The molecule has 1 aliphatic rings. The Morgan fingerprint density at radius 3 is 2.22 bits per heavy atom. The summed E-state index contributed by atoms with van der Waals surface area (Å²) in [6, 6.07) is 20.4. The molecule has 4 atom stereocenters. The summed E-state index contributed by atoms with van der Waals surface area (Å²) in [7, 11) is 0. The highest BCUT2D eigenvalue weighted by Crippen LogP contribution is 2.26. The predicted octanol–water partition coefficient (Wildman–Crippen LogP) is 5.21. The van der Waals surface area contributed by atoms with Crippen LogP contribution in [0.3, 0.4) is 0 Å². The zero-order chi connectivity index (χ0) is 33.3. The number of hydrogen-bond acceptors (Lipinski definition) is 5. The maximum absolute atomic E-state index is 14.1. The van der Waals surface area contributed by atoms with Gasteiger partial charge in [-0.1, -0.05) is 93.1 Å². The Bertz CT molecular complexity index is 1530. The van der Waals surface area contributed by atoms with Crippen LogP contribution in [-0.4, -0.2) is 47.9 Å². The van der Waals surface area contributed by atoms with E-state index < -0.39 is 35.4 Å². The van der Waals surface area contributed by atoms with Crippen molar-refractivity contribution in [2.24, 2.45) is 11.8 Å². The van der Waals surface area contributed by atoms with E-state index in [-0.39, 0.29) is 36.4 Å². The van der Waals surface area contributed by atoms with Gasteiger partial charge in [-0.2, -0.15) is 0 Å². The molecule has 0 bridgehead atoms. The zero-order valence-corrected chi connectivity index (χ0v) is 27.4. The summed E-state index contributed by atoms with van der Waals surface area (Å²) in [5.41, 5.74) is 0.769. The third-order valence-electron chi connectivity index (χ3n) is 9.04. The van der Waals surface area contributed by atoms with Gasteiger partial charge in [0, 0.05) is 18.8 Å². The second-order valence-electron chi connectivity index (χ2n) is 13.4. The van der Waals surface area contributed by atoms with Crippen molar-refractivity contribution in [2.45, 2.75) is 96.2 Å². The Balaban J connectivity index is 1.57. The van der Waals surface area contributed by atoms with Gasteiger partial charge in [-0.25, -0.2) is 0 Å². The number of carbonyl (C=O) groups is 5. The first kappa shape index (κ1) is 34.5. The van der Waals surface area contributed by atoms with Gasteiger partial charge >= 0.3 is 0 Å². The van der Waals surface area contributed by atoms with Gasteiger partial charge < -0.3 is 20.7 Å². The van der Waals surface area contributed by atoms with Crippen LogP contribution in [0, 0.1) is 11.8 Å². The second kappa shape index (κ2) is 15.8. The lowest BCUT2D eigenvalue weighted by Crippen LogP contribution is -2.57. The van der Waals surface area contributed by atoms with Gasteiger partial charge in [0.05, 0.1) is 11.5 Å². The molecule has 3 aromatic carbocycles. The minimum atomic E-state index is -0.981. The van der Waals surface area contributed by atoms with Gasteiger partial charge in [0.25, 0.3) is 0 Å². The van der Waals surface area contributed by atoms with E-state index in [9.17, 15) is 24.0 Å². The van der Waals surface area contributed by atoms with E-state index >= 15 is 0 Å². The molecule has 4 rings (SSSR count). The van der Waals surface area contributed by atoms with Gasteiger partial charge in [0.2, 0.25) is 17.7 Å². The van der Waals surface area contributed by atoms with Gasteiger partial charge in [0.1, 0.15) is 24.2 Å². The molecule has 1 fully saturated rings. The van der Waals surface area contributed by atoms with Crippen LogP contribution in [0.4, 0.5) is 0 Å². The van der Waals surface area contributed by atoms with E-state index in [1.807, 2.05) is 100 Å². The molecule has 0 heterocycles. The normalized spacial score (nSPS) is 17.2. The van der Waals surface area contributed by atoms with Crippen molar-refractivity contribution in [3.63, 3.8) is 0 Å². The van der Waals surface area contributed by atoms with Crippen molar-refractivity contribution in [3.05, 3.63) is 83.9 Å². The molecule has 1 saturated carbocycles. The third kappa shape index (κ3) is 8.89. The molecule has 46 heavy (non-hydrogen) atoms. The molecular formula is C38H47N3O5. The lowest BCUT2D eigenvalue weighted by molar-refractivity contribution is -0.134. The number of fused-ring (bicyclic) bond motifs is 1. The molecule has 0 aromatic heterocycles. The summed E-state index contributed by atoms with van der Waals surface area (Å²) in [6.45, 7) is 7.52. The highest BCUT2D eigenvalue weighted by atomic mass is 16.2. The first-order valence-corrected chi connectivity index (χ1v) is 16.4. The van der Waals surface area contributed by atoms with Crippen LogP contribution in [0.1, 0.15) is 77.3 Å². The largest absolute Gasteiger partial charge is 0.345 e. The van der Waals surface area contributed by atoms with Crippen molar-refractivity contribution in [1.82, 2.24) is 16.0 Å². The Labute approximate surface area is 272 Å². The minimum Gasteiger partial charge on any atom is -0.345 e. The van der Waals surface area contributed by atoms with E-state index in [4.69, 9.17) is 0 Å². The molecule has 8 nitrogen and oxygen atoms in total. The molecule has 1 aliphatic carbocycles. The fraction of sp³-hybridized carbons (Fsp3) is 0.447. The van der Waals surface area contributed by atoms with E-state index in [0.29, 0.717) is 25.5 Å². The molecule has 0 saturated heterocycles. The average Bonchev–Trinajstić information content (AvgIpc) is 3.04. The number of hydrogen-bond donors (Lipinski definition) is 3. The van der Waals surface area contributed by atoms with Crippen LogP contribution in [0.5, 0.6) is 0 Å². The fourth-order valence-electron chi connectivity index (χ4n) is 6.24. The summed E-state index contributed by atoms with van der Waals surface area (Å²) in [6.07, 6.45) is 4.45. The van der Waals surface area contributed by atoms with Crippen molar-refractivity contribution < 1.29 is 24.0 Å². The Kier molecular flexibility index (Phi) is 11.9. The first-order valence-electron chi connectivity index (χ1n) is 16.4. The average molecular weight is 626 g/mol. The Morgan fingerprint density at radius 1 is 0.848 bits per heavy atom. The van der Waals surface area contributed by atoms with Crippen LogP contribution < -0.4 is 16.0 Å². The number of amides is 3. The molecule has 0 unspecified atom stereocenters. The molecule has 0 radical (unpaired) electrons. The first-order chi connectivity index (χ1) is 22.0. The number of rotatable bonds is 14. The molecule has 3 N–H and O–H groups in total. The highest BCUT2D eigenvalue weighted by molar-refractivity contribution is 5.96. The molecule has 3 amide bonds. The smallest absolute Gasteiger partial charge is 0.243 e. The Hall–Kier alpha value is -4.33. The van der Waals surface area contributed by atoms with Gasteiger partial charge in [-0.05, 0) is 67.3 Å². The van der Waals surface area contributed by atoms with Crippen LogP contribution >= 0.6 is 0 Å². The van der Waals surface area contributed by atoms with Crippen LogP contribution in [-0.2, 0) is 35.8 Å². The molecule has 0 spiro atoms. The highest BCUT2D eigenvalue weighted by Gasteiger charge is 2.35. The minimum absolute atomic E-state index is 0.0498. The lowest BCUT2D eigenvalue weighted by Gasteiger charge is -2.29. The van der Waals surface area contributed by atoms with Crippen LogP contribution in [0.2, 0.25) is 0 Å². The fourth-order valence-corrected chi connectivity index (χ4v) is 6.24. The lowest BCUT2D eigenvalue weighted by atomic mass is 9.83. The monoisotopic (exact) mass is 625 g/mol. The molecule has 0 aliphatic heterocycles. The summed E-state index contributed by atoms with van der Waals surface area (Å²) in [5.74, 6) is -1.37. The molecule has 244 valence electrons. The standard InChI is InChI=1S/C38H47N3O5/c1-25(2)21-32(35(44)39-30(24-42)22-28-14-9-11-20-34(28)43)40-36(45)33(23-27-16-12-15-26-13-8-10-19-31(26)27)41-37(46)38(3,4)29-17-6-5-7-18-29/h5-8,10,12-13,15-19,24-25,28,30,32-33H,9,11,14,20-23H2,1-4H3,(H,39,44)(H,40,45)(H,41,46)/t28-,30-,32-,33-/m0/s1. The maximum Gasteiger partial charge on any atom is 0.243 e. The van der Waals surface area contributed by atoms with Gasteiger partial charge in [0.15, 0.2) is 0 Å². The SMILES string of the molecule is CC(C)C[C@H](NC(=O)[C@H](Cc1cccc2ccccc12)NC(=O)C(C)(C)c1ccccc1)C(=O)N[C@H](C=O)C[C@@H]1CCCCC1=O. The molecular weight excluding hydrogens is 578 g/mol. The number of Topliss-reactive ketones (excluding diaryl/α,β-unsaturated/α-hetero) is 1. The summed E-state index contributed by atoms with van der Waals surface area (Å²) < 4.78 is 0. The van der Waals surface area contributed by atoms with Crippen LogP contribution in [0.15, 0.2) is 72.8 Å². The van der Waals surface area contributed by atoms with Crippen molar-refractivity contribution in [1.29, 1.82) is 0 Å². The zero-order valence-electron chi connectivity index (χ0n) is 27.4. The predicted molar refractivity (Wildman–Crippen MR) is 180 cm³/mol. The van der Waals surface area contributed by atoms with Crippen molar-refractivity contribution in [3.8, 4) is 0 Å². The quantitative estimate of drug-likeness (QED) is 0.213. The number of benzene rings is 3. The Morgan fingerprint density at radius 2 is 1.52 bits per heavy atom. The third-order valence-corrected chi connectivity index (χ3v) is 9.04. The van der Waals surface area contributed by atoms with E-state index in [2.05, 4.69) is 16.0 Å². The second-order valence-corrected chi connectivity index (χ2v) is 13.4. The number of aldehydes is 1. The summed E-state index contributed by atoms with van der Waals surface area (Å²) in [5, 5.41) is 10.7. The van der Waals surface area contributed by atoms with Crippen molar-refractivity contribution in [2.75, 3.05) is 0 Å². The van der Waals surface area contributed by atoms with Gasteiger partial charge in [-0.3, -0.25) is 19.2 Å². The van der Waals surface area contributed by atoms with Crippen molar-refractivity contribution >= 4 is 40.6 Å². The van der Waals surface area contributed by atoms with Crippen LogP contribution in [0.25, 0.3) is 10.8 Å².